The van der Waals surface area contributed by atoms with Crippen LogP contribution in [0.25, 0.3) is 0 Å². The van der Waals surface area contributed by atoms with Gasteiger partial charge in [0.1, 0.15) is 0 Å². The molecular weight excluding hydrogens is 367 g/mol. The second-order valence-corrected chi connectivity index (χ2v) is 4.12. The van der Waals surface area contributed by atoms with Crippen LogP contribution in [0, 0.1) is 0 Å². The van der Waals surface area contributed by atoms with Gasteiger partial charge in [0.25, 0.3) is 0 Å². The summed E-state index contributed by atoms with van der Waals surface area (Å²) in [6, 6.07) is 0. The van der Waals surface area contributed by atoms with Crippen LogP contribution in [0.5, 0.6) is 0 Å². The molecule has 0 atom stereocenters. The van der Waals surface area contributed by atoms with Gasteiger partial charge in [0.15, 0.2) is 0 Å². The molecule has 0 amide bonds. The van der Waals surface area contributed by atoms with Crippen molar-refractivity contribution in [1.29, 1.82) is 0 Å². The number of alkyl halides is 9. The fourth-order valence-corrected chi connectivity index (χ4v) is 1.10. The van der Waals surface area contributed by atoms with E-state index in [-0.39, 0.29) is 0 Å². The predicted octanol–water partition coefficient (Wildman–Crippen LogP) is 3.12. The molecule has 0 saturated carbocycles. The maximum Gasteiger partial charge on any atom is 0.460 e. The monoisotopic (exact) mass is 376 g/mol. The summed E-state index contributed by atoms with van der Waals surface area (Å²) in [7, 11) is 0.918. The highest BCUT2D eigenvalue weighted by molar-refractivity contribution is 5.91. The van der Waals surface area contributed by atoms with Crippen LogP contribution in [-0.4, -0.2) is 49.6 Å². The molecule has 0 unspecified atom stereocenters. The lowest BCUT2D eigenvalue weighted by molar-refractivity contribution is -0.397. The lowest BCUT2D eigenvalue weighted by atomic mass is 10.0. The lowest BCUT2D eigenvalue weighted by Crippen LogP contribution is -2.61. The third-order valence-corrected chi connectivity index (χ3v) is 2.43. The smallest absolute Gasteiger partial charge is 0.460 e. The summed E-state index contributed by atoms with van der Waals surface area (Å²) in [6.07, 6.45) is -8.43. The zero-order chi connectivity index (χ0) is 19.4. The molecule has 0 aromatic heterocycles. The lowest BCUT2D eigenvalue weighted by Gasteiger charge is -2.33. The van der Waals surface area contributed by atoms with Crippen LogP contribution in [0.3, 0.4) is 0 Å². The van der Waals surface area contributed by atoms with Gasteiger partial charge in [0.2, 0.25) is 0 Å². The number of esters is 2. The average molecular weight is 376 g/mol. The fourth-order valence-electron chi connectivity index (χ4n) is 1.10. The summed E-state index contributed by atoms with van der Waals surface area (Å²) < 4.78 is 120. The van der Waals surface area contributed by atoms with Gasteiger partial charge in [-0.1, -0.05) is 0 Å². The highest BCUT2D eigenvalue weighted by atomic mass is 19.4. The van der Waals surface area contributed by atoms with Gasteiger partial charge in [-0.3, -0.25) is 0 Å². The maximum atomic E-state index is 13.0. The quantitative estimate of drug-likeness (QED) is 0.389. The molecule has 0 spiro atoms. The predicted molar refractivity (Wildman–Crippen MR) is 57.6 cm³/mol. The van der Waals surface area contributed by atoms with Crippen molar-refractivity contribution in [3.8, 4) is 0 Å². The first-order valence-corrected chi connectivity index (χ1v) is 5.73. The summed E-state index contributed by atoms with van der Waals surface area (Å²) in [4.78, 5) is 21.4. The standard InChI is InChI=1S/C11H9F9O4/c1-23-6(21)2-3-7(22)24-5-4-8(12,13)9(14,15)10(16,17)11(18,19)20/h2-3H,4-5H2,1H3/b3-2+. The summed E-state index contributed by atoms with van der Waals surface area (Å²) in [5.74, 6) is -22.2. The summed E-state index contributed by atoms with van der Waals surface area (Å²) in [6.45, 7) is -1.61. The third kappa shape index (κ3) is 4.77. The number of halogens is 9. The molecule has 0 aromatic rings. The average Bonchev–Trinajstić information content (AvgIpc) is 2.42. The number of carbonyl (C=O) groups excluding carboxylic acids is 2. The number of ether oxygens (including phenoxy) is 2. The van der Waals surface area contributed by atoms with Gasteiger partial charge >= 0.3 is 35.9 Å². The normalized spacial score (nSPS) is 13.9. The van der Waals surface area contributed by atoms with Gasteiger partial charge in [0.05, 0.1) is 20.1 Å². The number of methoxy groups -OCH3 is 1. The van der Waals surface area contributed by atoms with Crippen molar-refractivity contribution in [2.45, 2.75) is 30.4 Å². The largest absolute Gasteiger partial charge is 0.466 e. The molecule has 0 aliphatic rings. The third-order valence-electron chi connectivity index (χ3n) is 2.43. The molecule has 0 aliphatic heterocycles. The van der Waals surface area contributed by atoms with E-state index in [0.29, 0.717) is 12.2 Å². The van der Waals surface area contributed by atoms with E-state index in [2.05, 4.69) is 9.47 Å². The number of hydrogen-bond acceptors (Lipinski definition) is 4. The molecular formula is C11H9F9O4. The summed E-state index contributed by atoms with van der Waals surface area (Å²) in [5, 5.41) is 0. The molecule has 13 heteroatoms. The number of carbonyl (C=O) groups is 2. The van der Waals surface area contributed by atoms with Crippen LogP contribution in [0.1, 0.15) is 6.42 Å². The number of rotatable bonds is 7. The van der Waals surface area contributed by atoms with Gasteiger partial charge in [-0.15, -0.1) is 0 Å². The Bertz CT molecular complexity index is 496. The van der Waals surface area contributed by atoms with E-state index >= 15 is 0 Å². The van der Waals surface area contributed by atoms with E-state index < -0.39 is 48.9 Å². The van der Waals surface area contributed by atoms with Crippen LogP contribution in [-0.2, 0) is 19.1 Å². The summed E-state index contributed by atoms with van der Waals surface area (Å²) in [5.41, 5.74) is 0. The van der Waals surface area contributed by atoms with Crippen molar-refractivity contribution in [3.05, 3.63) is 12.2 Å². The molecule has 0 radical (unpaired) electrons. The highest BCUT2D eigenvalue weighted by Crippen LogP contribution is 2.53. The van der Waals surface area contributed by atoms with E-state index in [1.165, 1.54) is 0 Å². The molecule has 0 N–H and O–H groups in total. The second kappa shape index (κ2) is 7.30. The van der Waals surface area contributed by atoms with Crippen molar-refractivity contribution >= 4 is 11.9 Å². The Balaban J connectivity index is 4.89. The first kappa shape index (κ1) is 22.1. The van der Waals surface area contributed by atoms with E-state index in [0.717, 1.165) is 7.11 Å². The molecule has 0 heterocycles. The molecule has 0 saturated heterocycles. The SMILES string of the molecule is COC(=O)/C=C/C(=O)OCCC(F)(F)C(F)(F)C(F)(F)C(F)(F)F. The van der Waals surface area contributed by atoms with Crippen molar-refractivity contribution in [2.75, 3.05) is 13.7 Å². The molecule has 0 aliphatic carbocycles. The van der Waals surface area contributed by atoms with Crippen LogP contribution < -0.4 is 0 Å². The Hall–Kier alpha value is -1.95. The van der Waals surface area contributed by atoms with Crippen molar-refractivity contribution in [3.63, 3.8) is 0 Å². The van der Waals surface area contributed by atoms with Gasteiger partial charge in [-0.2, -0.15) is 39.5 Å². The Kier molecular flexibility index (Phi) is 6.71. The zero-order valence-electron chi connectivity index (χ0n) is 11.6. The minimum Gasteiger partial charge on any atom is -0.466 e. The van der Waals surface area contributed by atoms with Crippen molar-refractivity contribution in [1.82, 2.24) is 0 Å². The second-order valence-electron chi connectivity index (χ2n) is 4.12. The van der Waals surface area contributed by atoms with Crippen LogP contribution >= 0.6 is 0 Å². The Morgan fingerprint density at radius 2 is 1.29 bits per heavy atom. The van der Waals surface area contributed by atoms with Gasteiger partial charge in [-0.05, 0) is 0 Å². The maximum absolute atomic E-state index is 13.0. The Morgan fingerprint density at radius 1 is 0.833 bits per heavy atom. The van der Waals surface area contributed by atoms with Crippen LogP contribution in [0.2, 0.25) is 0 Å². The molecule has 0 fully saturated rings. The Labute approximate surface area is 128 Å². The summed E-state index contributed by atoms with van der Waals surface area (Å²) >= 11 is 0. The minimum atomic E-state index is -7.00. The molecule has 0 bridgehead atoms. The van der Waals surface area contributed by atoms with Gasteiger partial charge in [-0.25, -0.2) is 9.59 Å². The van der Waals surface area contributed by atoms with Crippen molar-refractivity contribution < 1.29 is 58.6 Å². The zero-order valence-corrected chi connectivity index (χ0v) is 11.6. The van der Waals surface area contributed by atoms with Crippen LogP contribution in [0.15, 0.2) is 12.2 Å². The number of hydrogen-bond donors (Lipinski definition) is 0. The first-order chi connectivity index (χ1) is 10.6. The van der Waals surface area contributed by atoms with Gasteiger partial charge in [0, 0.05) is 12.2 Å². The molecule has 0 rings (SSSR count). The van der Waals surface area contributed by atoms with E-state index in [9.17, 15) is 49.1 Å². The first-order valence-electron chi connectivity index (χ1n) is 5.73. The topological polar surface area (TPSA) is 52.6 Å². The minimum absolute atomic E-state index is 0.340. The molecule has 4 nitrogen and oxygen atoms in total. The molecule has 140 valence electrons. The van der Waals surface area contributed by atoms with E-state index in [4.69, 9.17) is 0 Å². The van der Waals surface area contributed by atoms with Crippen molar-refractivity contribution in [2.24, 2.45) is 0 Å². The highest BCUT2D eigenvalue weighted by Gasteiger charge is 2.81. The molecule has 24 heavy (non-hydrogen) atoms. The van der Waals surface area contributed by atoms with Gasteiger partial charge < -0.3 is 9.47 Å². The Morgan fingerprint density at radius 3 is 1.71 bits per heavy atom. The van der Waals surface area contributed by atoms with E-state index in [1.54, 1.807) is 0 Å². The van der Waals surface area contributed by atoms with Crippen LogP contribution in [0.4, 0.5) is 39.5 Å². The fraction of sp³-hybridized carbons (Fsp3) is 0.636. The molecule has 0 aromatic carbocycles. The van der Waals surface area contributed by atoms with E-state index in [1.807, 2.05) is 0 Å².